The van der Waals surface area contributed by atoms with Crippen molar-refractivity contribution in [2.45, 2.75) is 50.0 Å². The molecular weight excluding hydrogens is 456 g/mol. The molecule has 14 heteroatoms. The molecule has 0 aliphatic heterocycles. The van der Waals surface area contributed by atoms with Crippen molar-refractivity contribution >= 4 is 29.7 Å². The standard InChI is InChI=1S/C20H28N4O10/c1-9(26)16(24-18(31)13(7-15(28)29)22-17(30)12(21)8-25)19(32)23-14(20(33)34)6-10-2-4-11(27)5-3-10/h2-5,9,12-14,16,25-27H,6-8,21H2,1H3,(H,22,30)(H,23,32)(H,24,31)(H,28,29)(H,33,34). The van der Waals surface area contributed by atoms with Crippen LogP contribution in [0, 0.1) is 0 Å². The lowest BCUT2D eigenvalue weighted by atomic mass is 10.0. The smallest absolute Gasteiger partial charge is 0.326 e. The van der Waals surface area contributed by atoms with Gasteiger partial charge < -0.3 is 47.2 Å². The Morgan fingerprint density at radius 2 is 1.47 bits per heavy atom. The van der Waals surface area contributed by atoms with Crippen LogP contribution in [0.4, 0.5) is 0 Å². The van der Waals surface area contributed by atoms with E-state index >= 15 is 0 Å². The number of phenols is 1. The summed E-state index contributed by atoms with van der Waals surface area (Å²) >= 11 is 0. The zero-order valence-electron chi connectivity index (χ0n) is 18.2. The van der Waals surface area contributed by atoms with E-state index in [1.165, 1.54) is 24.3 Å². The molecule has 3 amide bonds. The molecular formula is C20H28N4O10. The fraction of sp³-hybridized carbons (Fsp3) is 0.450. The monoisotopic (exact) mass is 484 g/mol. The highest BCUT2D eigenvalue weighted by molar-refractivity contribution is 5.95. The first-order chi connectivity index (χ1) is 15.8. The van der Waals surface area contributed by atoms with Gasteiger partial charge in [-0.2, -0.15) is 0 Å². The van der Waals surface area contributed by atoms with Crippen molar-refractivity contribution in [3.8, 4) is 5.75 Å². The van der Waals surface area contributed by atoms with E-state index < -0.39 is 73.0 Å². The van der Waals surface area contributed by atoms with Gasteiger partial charge in [0.05, 0.1) is 19.1 Å². The Hall–Kier alpha value is -3.75. The van der Waals surface area contributed by atoms with E-state index in [1.807, 2.05) is 5.32 Å². The molecule has 0 fully saturated rings. The van der Waals surface area contributed by atoms with Crippen molar-refractivity contribution in [1.29, 1.82) is 0 Å². The first-order valence-electron chi connectivity index (χ1n) is 10.0. The molecule has 0 aliphatic carbocycles. The highest BCUT2D eigenvalue weighted by Crippen LogP contribution is 2.12. The van der Waals surface area contributed by atoms with Crippen LogP contribution >= 0.6 is 0 Å². The minimum absolute atomic E-state index is 0.0421. The number of carboxylic acid groups (broad SMARTS) is 2. The van der Waals surface area contributed by atoms with Crippen molar-refractivity contribution in [3.05, 3.63) is 29.8 Å². The number of nitrogens with two attached hydrogens (primary N) is 1. The molecule has 1 aromatic rings. The van der Waals surface area contributed by atoms with Gasteiger partial charge in [0.15, 0.2) is 0 Å². The maximum Gasteiger partial charge on any atom is 0.326 e. The van der Waals surface area contributed by atoms with Crippen molar-refractivity contribution in [2.24, 2.45) is 5.73 Å². The fourth-order valence-corrected chi connectivity index (χ4v) is 2.73. The van der Waals surface area contributed by atoms with E-state index in [0.717, 1.165) is 6.92 Å². The minimum atomic E-state index is -1.70. The molecule has 1 rings (SSSR count). The van der Waals surface area contributed by atoms with Crippen molar-refractivity contribution in [1.82, 2.24) is 16.0 Å². The number of nitrogens with one attached hydrogen (secondary N) is 3. The van der Waals surface area contributed by atoms with Gasteiger partial charge in [0.25, 0.3) is 0 Å². The lowest BCUT2D eigenvalue weighted by Gasteiger charge is -2.26. The third-order valence-corrected chi connectivity index (χ3v) is 4.60. The number of carboxylic acids is 2. The molecule has 0 heterocycles. The molecule has 34 heavy (non-hydrogen) atoms. The normalized spacial score (nSPS) is 15.2. The predicted octanol–water partition coefficient (Wildman–Crippen LogP) is -3.35. The topological polar surface area (TPSA) is 249 Å². The van der Waals surface area contributed by atoms with E-state index in [9.17, 15) is 39.3 Å². The van der Waals surface area contributed by atoms with Crippen LogP contribution in [0.5, 0.6) is 5.75 Å². The Morgan fingerprint density at radius 1 is 0.912 bits per heavy atom. The summed E-state index contributed by atoms with van der Waals surface area (Å²) in [7, 11) is 0. The molecule has 0 aromatic heterocycles. The lowest BCUT2D eigenvalue weighted by Crippen LogP contribution is -2.60. The van der Waals surface area contributed by atoms with E-state index in [1.54, 1.807) is 0 Å². The van der Waals surface area contributed by atoms with Gasteiger partial charge in [-0.05, 0) is 24.6 Å². The molecule has 0 aliphatic rings. The van der Waals surface area contributed by atoms with Crippen LogP contribution in [-0.4, -0.2) is 92.1 Å². The summed E-state index contributed by atoms with van der Waals surface area (Å²) in [5.41, 5.74) is 5.80. The summed E-state index contributed by atoms with van der Waals surface area (Å²) < 4.78 is 0. The van der Waals surface area contributed by atoms with Crippen LogP contribution < -0.4 is 21.7 Å². The second-order valence-corrected chi connectivity index (χ2v) is 7.44. The van der Waals surface area contributed by atoms with E-state index in [2.05, 4.69) is 10.6 Å². The molecule has 0 bridgehead atoms. The Kier molecular flexibility index (Phi) is 10.9. The number of carbonyl (C=O) groups is 5. The summed E-state index contributed by atoms with van der Waals surface area (Å²) in [5, 5.41) is 53.0. The largest absolute Gasteiger partial charge is 0.508 e. The number of carbonyl (C=O) groups excluding carboxylic acids is 3. The molecule has 0 saturated heterocycles. The number of aliphatic hydroxyl groups is 2. The predicted molar refractivity (Wildman–Crippen MR) is 114 cm³/mol. The molecule has 0 saturated carbocycles. The van der Waals surface area contributed by atoms with E-state index in [0.29, 0.717) is 5.56 Å². The van der Waals surface area contributed by atoms with Crippen LogP contribution in [-0.2, 0) is 30.4 Å². The summed E-state index contributed by atoms with van der Waals surface area (Å²) in [5.74, 6) is -6.20. The highest BCUT2D eigenvalue weighted by Gasteiger charge is 2.33. The third-order valence-electron chi connectivity index (χ3n) is 4.60. The van der Waals surface area contributed by atoms with Gasteiger partial charge in [0, 0.05) is 6.42 Å². The number of amides is 3. The Bertz CT molecular complexity index is 890. The first-order valence-corrected chi connectivity index (χ1v) is 10.0. The fourth-order valence-electron chi connectivity index (χ4n) is 2.73. The highest BCUT2D eigenvalue weighted by atomic mass is 16.4. The Labute approximate surface area is 193 Å². The van der Waals surface area contributed by atoms with Crippen molar-refractivity contribution in [2.75, 3.05) is 6.61 Å². The average molecular weight is 484 g/mol. The van der Waals surface area contributed by atoms with Crippen LogP contribution in [0.1, 0.15) is 18.9 Å². The zero-order valence-corrected chi connectivity index (χ0v) is 18.2. The van der Waals surface area contributed by atoms with Crippen molar-refractivity contribution in [3.63, 3.8) is 0 Å². The van der Waals surface area contributed by atoms with Gasteiger partial charge in [0.2, 0.25) is 17.7 Å². The molecule has 14 nitrogen and oxygen atoms in total. The van der Waals surface area contributed by atoms with Crippen LogP contribution in [0.15, 0.2) is 24.3 Å². The number of phenolic OH excluding ortho intramolecular Hbond substituents is 1. The van der Waals surface area contributed by atoms with Gasteiger partial charge in [-0.15, -0.1) is 0 Å². The van der Waals surface area contributed by atoms with E-state index in [4.69, 9.17) is 15.9 Å². The van der Waals surface area contributed by atoms with Crippen LogP contribution in [0.2, 0.25) is 0 Å². The summed E-state index contributed by atoms with van der Waals surface area (Å²) in [4.78, 5) is 59.8. The second kappa shape index (κ2) is 13.1. The van der Waals surface area contributed by atoms with E-state index in [-0.39, 0.29) is 12.2 Å². The third kappa shape index (κ3) is 9.01. The maximum absolute atomic E-state index is 12.7. The number of aliphatic hydroxyl groups excluding tert-OH is 2. The molecule has 0 radical (unpaired) electrons. The maximum atomic E-state index is 12.7. The minimum Gasteiger partial charge on any atom is -0.508 e. The quantitative estimate of drug-likeness (QED) is 0.134. The van der Waals surface area contributed by atoms with Crippen LogP contribution in [0.3, 0.4) is 0 Å². The average Bonchev–Trinajstić information content (AvgIpc) is 2.76. The molecule has 10 N–H and O–H groups in total. The Balaban J connectivity index is 2.97. The molecule has 5 atom stereocenters. The number of benzene rings is 1. The number of rotatable bonds is 13. The first kappa shape index (κ1) is 28.3. The summed E-state index contributed by atoms with van der Waals surface area (Å²) in [6, 6.07) is -0.757. The van der Waals surface area contributed by atoms with Gasteiger partial charge in [0.1, 0.15) is 29.9 Å². The summed E-state index contributed by atoms with van der Waals surface area (Å²) in [6.45, 7) is 0.357. The number of hydrogen-bond acceptors (Lipinski definition) is 9. The van der Waals surface area contributed by atoms with Crippen LogP contribution in [0.25, 0.3) is 0 Å². The summed E-state index contributed by atoms with van der Waals surface area (Å²) in [6.07, 6.45) is -2.62. The molecule has 0 spiro atoms. The lowest BCUT2D eigenvalue weighted by molar-refractivity contribution is -0.144. The van der Waals surface area contributed by atoms with Gasteiger partial charge >= 0.3 is 11.9 Å². The zero-order chi connectivity index (χ0) is 26.0. The molecule has 188 valence electrons. The Morgan fingerprint density at radius 3 is 1.94 bits per heavy atom. The number of aliphatic carboxylic acids is 2. The molecule has 5 unspecified atom stereocenters. The van der Waals surface area contributed by atoms with Crippen molar-refractivity contribution < 1.29 is 49.5 Å². The number of aromatic hydroxyl groups is 1. The number of hydrogen-bond donors (Lipinski definition) is 9. The van der Waals surface area contributed by atoms with Gasteiger partial charge in [-0.25, -0.2) is 4.79 Å². The molecule has 1 aromatic carbocycles. The van der Waals surface area contributed by atoms with Gasteiger partial charge in [-0.1, -0.05) is 12.1 Å². The SMILES string of the molecule is CC(O)C(NC(=O)C(CC(=O)O)NC(=O)C(N)CO)C(=O)NC(Cc1ccc(O)cc1)C(=O)O. The second-order valence-electron chi connectivity index (χ2n) is 7.44. The van der Waals surface area contributed by atoms with Gasteiger partial charge in [-0.3, -0.25) is 19.2 Å².